The van der Waals surface area contributed by atoms with Crippen LogP contribution in [-0.4, -0.2) is 6.54 Å². The fraction of sp³-hybridized carbons (Fsp3) is 0.400. The van der Waals surface area contributed by atoms with Gasteiger partial charge in [0, 0.05) is 11.6 Å². The average molecular weight is 253 g/mol. The highest BCUT2D eigenvalue weighted by Crippen LogP contribution is 2.33. The highest BCUT2D eigenvalue weighted by atomic mass is 35.5. The lowest BCUT2D eigenvalue weighted by Gasteiger charge is -2.10. The molecule has 0 saturated carbocycles. The van der Waals surface area contributed by atoms with Crippen LogP contribution in [0.25, 0.3) is 0 Å². The molecular formula is C10H12Cl3N. The van der Waals surface area contributed by atoms with E-state index >= 15 is 0 Å². The zero-order valence-corrected chi connectivity index (χ0v) is 10.2. The molecule has 0 aromatic heterocycles. The van der Waals surface area contributed by atoms with Gasteiger partial charge in [-0.1, -0.05) is 48.1 Å². The topological polar surface area (TPSA) is 12.0 Å². The van der Waals surface area contributed by atoms with E-state index in [4.69, 9.17) is 34.8 Å². The van der Waals surface area contributed by atoms with Crippen molar-refractivity contribution in [3.63, 3.8) is 0 Å². The number of halogens is 3. The molecule has 1 nitrogen and oxygen atoms in total. The van der Waals surface area contributed by atoms with Gasteiger partial charge < -0.3 is 5.32 Å². The molecule has 1 N–H and O–H groups in total. The molecular weight excluding hydrogens is 240 g/mol. The first-order valence-electron chi connectivity index (χ1n) is 4.53. The molecule has 0 radical (unpaired) electrons. The maximum absolute atomic E-state index is 5.98. The van der Waals surface area contributed by atoms with Crippen molar-refractivity contribution in [1.82, 2.24) is 0 Å². The van der Waals surface area contributed by atoms with E-state index in [1.165, 1.54) is 0 Å². The van der Waals surface area contributed by atoms with Gasteiger partial charge in [0.1, 0.15) is 0 Å². The highest BCUT2D eigenvalue weighted by Gasteiger charge is 2.06. The summed E-state index contributed by atoms with van der Waals surface area (Å²) >= 11 is 17.8. The largest absolute Gasteiger partial charge is 0.383 e. The summed E-state index contributed by atoms with van der Waals surface area (Å²) in [5.41, 5.74) is 0.770. The quantitative estimate of drug-likeness (QED) is 0.755. The molecule has 0 aliphatic carbocycles. The Labute approximate surface area is 99.4 Å². The predicted octanol–water partition coefficient (Wildman–Crippen LogP) is 4.86. The summed E-state index contributed by atoms with van der Waals surface area (Å²) in [5.74, 6) is 0. The van der Waals surface area contributed by atoms with Gasteiger partial charge in [0.2, 0.25) is 0 Å². The number of hydrogen-bond donors (Lipinski definition) is 1. The van der Waals surface area contributed by atoms with Crippen molar-refractivity contribution in [3.05, 3.63) is 27.2 Å². The highest BCUT2D eigenvalue weighted by molar-refractivity contribution is 6.41. The second-order valence-electron chi connectivity index (χ2n) is 3.02. The lowest BCUT2D eigenvalue weighted by molar-refractivity contribution is 0.834. The molecule has 0 heterocycles. The lowest BCUT2D eigenvalue weighted by atomic mass is 10.3. The molecule has 78 valence electrons. The van der Waals surface area contributed by atoms with Crippen LogP contribution >= 0.6 is 34.8 Å². The fourth-order valence-corrected chi connectivity index (χ4v) is 2.05. The Hall–Kier alpha value is -0.110. The normalized spacial score (nSPS) is 10.3. The van der Waals surface area contributed by atoms with Crippen molar-refractivity contribution in [1.29, 1.82) is 0 Å². The maximum Gasteiger partial charge on any atom is 0.0720 e. The number of anilines is 1. The van der Waals surface area contributed by atoms with Crippen LogP contribution < -0.4 is 5.32 Å². The Bertz CT molecular complexity index is 289. The third-order valence-corrected chi connectivity index (χ3v) is 2.65. The summed E-state index contributed by atoms with van der Waals surface area (Å²) in [6.07, 6.45) is 2.23. The van der Waals surface area contributed by atoms with E-state index in [0.29, 0.717) is 15.1 Å². The second kappa shape index (κ2) is 5.69. The minimum atomic E-state index is 0.557. The molecule has 0 spiro atoms. The van der Waals surface area contributed by atoms with Crippen LogP contribution in [0.4, 0.5) is 5.69 Å². The van der Waals surface area contributed by atoms with Gasteiger partial charge in [-0.3, -0.25) is 0 Å². The van der Waals surface area contributed by atoms with E-state index in [-0.39, 0.29) is 0 Å². The minimum absolute atomic E-state index is 0.557. The summed E-state index contributed by atoms with van der Waals surface area (Å²) in [4.78, 5) is 0. The maximum atomic E-state index is 5.98. The van der Waals surface area contributed by atoms with E-state index in [1.54, 1.807) is 12.1 Å². The molecule has 14 heavy (non-hydrogen) atoms. The average Bonchev–Trinajstić information content (AvgIpc) is 2.09. The van der Waals surface area contributed by atoms with Crippen molar-refractivity contribution in [2.45, 2.75) is 19.8 Å². The molecule has 0 aliphatic heterocycles. The van der Waals surface area contributed by atoms with Gasteiger partial charge in [-0.05, 0) is 18.6 Å². The molecule has 0 amide bonds. The van der Waals surface area contributed by atoms with Gasteiger partial charge in [0.25, 0.3) is 0 Å². The third-order valence-electron chi connectivity index (χ3n) is 1.84. The smallest absolute Gasteiger partial charge is 0.0720 e. The van der Waals surface area contributed by atoms with Crippen molar-refractivity contribution < 1.29 is 0 Å². The molecule has 1 aromatic rings. The minimum Gasteiger partial charge on any atom is -0.383 e. The Morgan fingerprint density at radius 3 is 2.21 bits per heavy atom. The molecule has 0 saturated heterocycles. The molecule has 1 aromatic carbocycles. The molecule has 4 heteroatoms. The molecule has 1 rings (SSSR count). The predicted molar refractivity (Wildman–Crippen MR) is 64.9 cm³/mol. The van der Waals surface area contributed by atoms with E-state index in [1.807, 2.05) is 0 Å². The van der Waals surface area contributed by atoms with Gasteiger partial charge >= 0.3 is 0 Å². The van der Waals surface area contributed by atoms with Gasteiger partial charge in [0.05, 0.1) is 15.7 Å². The summed E-state index contributed by atoms with van der Waals surface area (Å²) in [6.45, 7) is 3.00. The molecule has 0 unspecified atom stereocenters. The number of rotatable bonds is 4. The summed E-state index contributed by atoms with van der Waals surface area (Å²) in [6, 6.07) is 3.37. The van der Waals surface area contributed by atoms with E-state index in [9.17, 15) is 0 Å². The van der Waals surface area contributed by atoms with Crippen molar-refractivity contribution >= 4 is 40.5 Å². The van der Waals surface area contributed by atoms with Crippen LogP contribution in [0.3, 0.4) is 0 Å². The lowest BCUT2D eigenvalue weighted by Crippen LogP contribution is -2.01. The molecule has 0 aliphatic rings. The zero-order valence-electron chi connectivity index (χ0n) is 7.91. The van der Waals surface area contributed by atoms with Crippen LogP contribution in [0, 0.1) is 0 Å². The summed E-state index contributed by atoms with van der Waals surface area (Å²) in [7, 11) is 0. The van der Waals surface area contributed by atoms with Crippen LogP contribution in [0.5, 0.6) is 0 Å². The molecule has 0 fully saturated rings. The van der Waals surface area contributed by atoms with Crippen molar-refractivity contribution in [2.75, 3.05) is 11.9 Å². The monoisotopic (exact) mass is 251 g/mol. The molecule has 0 atom stereocenters. The van der Waals surface area contributed by atoms with Crippen LogP contribution in [0.2, 0.25) is 15.1 Å². The van der Waals surface area contributed by atoms with Crippen molar-refractivity contribution in [3.8, 4) is 0 Å². The Balaban J connectivity index is 2.75. The Morgan fingerprint density at radius 2 is 1.71 bits per heavy atom. The van der Waals surface area contributed by atoms with Gasteiger partial charge in [-0.2, -0.15) is 0 Å². The number of unbranched alkanes of at least 4 members (excludes halogenated alkanes) is 1. The van der Waals surface area contributed by atoms with E-state index < -0.39 is 0 Å². The first kappa shape index (κ1) is 12.0. The SMILES string of the molecule is CCCCNc1c(Cl)cc(Cl)cc1Cl. The Kier molecular flexibility index (Phi) is 4.86. The van der Waals surface area contributed by atoms with E-state index in [0.717, 1.165) is 25.1 Å². The number of hydrogen-bond acceptors (Lipinski definition) is 1. The second-order valence-corrected chi connectivity index (χ2v) is 4.28. The summed E-state index contributed by atoms with van der Waals surface area (Å²) < 4.78 is 0. The third kappa shape index (κ3) is 3.23. The van der Waals surface area contributed by atoms with Gasteiger partial charge in [-0.15, -0.1) is 0 Å². The van der Waals surface area contributed by atoms with Gasteiger partial charge in [0.15, 0.2) is 0 Å². The van der Waals surface area contributed by atoms with Gasteiger partial charge in [-0.25, -0.2) is 0 Å². The fourth-order valence-electron chi connectivity index (χ4n) is 1.10. The van der Waals surface area contributed by atoms with Crippen LogP contribution in [0.15, 0.2) is 12.1 Å². The number of nitrogens with one attached hydrogen (secondary N) is 1. The number of benzene rings is 1. The van der Waals surface area contributed by atoms with Crippen LogP contribution in [0.1, 0.15) is 19.8 Å². The standard InChI is InChI=1S/C10H12Cl3N/c1-2-3-4-14-10-8(12)5-7(11)6-9(10)13/h5-6,14H,2-4H2,1H3. The first-order chi connectivity index (χ1) is 6.65. The Morgan fingerprint density at radius 1 is 1.14 bits per heavy atom. The molecule has 0 bridgehead atoms. The van der Waals surface area contributed by atoms with Crippen LogP contribution in [-0.2, 0) is 0 Å². The zero-order chi connectivity index (χ0) is 10.6. The van der Waals surface area contributed by atoms with Crippen molar-refractivity contribution in [2.24, 2.45) is 0 Å². The first-order valence-corrected chi connectivity index (χ1v) is 5.67. The summed E-state index contributed by atoms with van der Waals surface area (Å²) in [5, 5.41) is 4.88. The van der Waals surface area contributed by atoms with E-state index in [2.05, 4.69) is 12.2 Å².